The number of alkyl carbamates (subject to hydrolysis) is 1. The van der Waals surface area contributed by atoms with Crippen LogP contribution in [0.25, 0.3) is 6.08 Å². The molecule has 1 aliphatic rings. The smallest absolute Gasteiger partial charge is 0.408 e. The Morgan fingerprint density at radius 3 is 2.22 bits per heavy atom. The molecular weight excluding hydrogens is 520 g/mol. The van der Waals surface area contributed by atoms with Gasteiger partial charge >= 0.3 is 6.09 Å². The van der Waals surface area contributed by atoms with E-state index < -0.39 is 46.8 Å². The Hall–Kier alpha value is -4.85. The van der Waals surface area contributed by atoms with E-state index in [1.165, 1.54) is 0 Å². The summed E-state index contributed by atoms with van der Waals surface area (Å²) in [6.45, 7) is 5.76. The first kappa shape index (κ1) is 29.1. The average molecular weight is 555 g/mol. The van der Waals surface area contributed by atoms with Gasteiger partial charge in [0.15, 0.2) is 11.9 Å². The molecule has 0 radical (unpaired) electrons. The van der Waals surface area contributed by atoms with Crippen molar-refractivity contribution in [2.75, 3.05) is 0 Å². The van der Waals surface area contributed by atoms with Crippen LogP contribution in [-0.2, 0) is 27.4 Å². The number of aliphatic hydroxyl groups is 1. The molecule has 0 aliphatic carbocycles. The summed E-state index contributed by atoms with van der Waals surface area (Å²) in [5.41, 5.74) is 1.55. The molecule has 1 heterocycles. The predicted octanol–water partition coefficient (Wildman–Crippen LogP) is 5.29. The average Bonchev–Trinajstić information content (AvgIpc) is 3.23. The lowest BCUT2D eigenvalue weighted by Gasteiger charge is -2.24. The molecule has 2 amide bonds. The first-order valence-electron chi connectivity index (χ1n) is 13.3. The maximum absolute atomic E-state index is 13.2. The number of nitrogens with one attached hydrogen (secondary N) is 2. The van der Waals surface area contributed by atoms with Crippen LogP contribution in [0.15, 0.2) is 102 Å². The molecule has 3 aromatic carbocycles. The van der Waals surface area contributed by atoms with Crippen molar-refractivity contribution in [1.29, 1.82) is 0 Å². The lowest BCUT2D eigenvalue weighted by molar-refractivity contribution is -0.117. The SMILES string of the molecule is CC(C)(C)NC(=O)OC(Cc1ccc(OCc2ccccc2)cc1)C(O)=C1C(=O)NC(C=Cc2ccccc2)C1=O. The second-order valence-corrected chi connectivity index (χ2v) is 10.7. The van der Waals surface area contributed by atoms with E-state index >= 15 is 0 Å². The van der Waals surface area contributed by atoms with E-state index in [9.17, 15) is 19.5 Å². The van der Waals surface area contributed by atoms with Crippen LogP contribution in [0.5, 0.6) is 5.75 Å². The molecule has 8 heteroatoms. The minimum Gasteiger partial charge on any atom is -0.507 e. The summed E-state index contributed by atoms with van der Waals surface area (Å²) in [5.74, 6) is -1.29. The summed E-state index contributed by atoms with van der Waals surface area (Å²) < 4.78 is 11.4. The Morgan fingerprint density at radius 2 is 1.59 bits per heavy atom. The molecule has 41 heavy (non-hydrogen) atoms. The lowest BCUT2D eigenvalue weighted by Crippen LogP contribution is -2.43. The van der Waals surface area contributed by atoms with Crippen LogP contribution in [0, 0.1) is 0 Å². The zero-order valence-corrected chi connectivity index (χ0v) is 23.3. The molecule has 3 aromatic rings. The normalized spacial score (nSPS) is 17.2. The highest BCUT2D eigenvalue weighted by Gasteiger charge is 2.39. The number of carbonyl (C=O) groups excluding carboxylic acids is 3. The first-order valence-corrected chi connectivity index (χ1v) is 13.3. The Balaban J connectivity index is 1.53. The van der Waals surface area contributed by atoms with Crippen LogP contribution < -0.4 is 15.4 Å². The number of carbonyl (C=O) groups is 3. The van der Waals surface area contributed by atoms with Gasteiger partial charge < -0.3 is 25.2 Å². The third-order valence-electron chi connectivity index (χ3n) is 6.20. The summed E-state index contributed by atoms with van der Waals surface area (Å²) in [7, 11) is 0. The van der Waals surface area contributed by atoms with Crippen molar-refractivity contribution in [2.24, 2.45) is 0 Å². The third kappa shape index (κ3) is 8.32. The number of ketones is 1. The van der Waals surface area contributed by atoms with Crippen molar-refractivity contribution >= 4 is 23.9 Å². The number of ether oxygens (including phenoxy) is 2. The molecule has 4 rings (SSSR count). The van der Waals surface area contributed by atoms with Gasteiger partial charge in [0, 0.05) is 12.0 Å². The van der Waals surface area contributed by atoms with Crippen LogP contribution in [0.2, 0.25) is 0 Å². The molecule has 0 spiro atoms. The predicted molar refractivity (Wildman–Crippen MR) is 156 cm³/mol. The van der Waals surface area contributed by atoms with Gasteiger partial charge in [-0.15, -0.1) is 0 Å². The summed E-state index contributed by atoms with van der Waals surface area (Å²) in [6, 6.07) is 25.2. The van der Waals surface area contributed by atoms with E-state index in [1.807, 2.05) is 60.7 Å². The van der Waals surface area contributed by atoms with Crippen molar-refractivity contribution in [1.82, 2.24) is 10.6 Å². The topological polar surface area (TPSA) is 114 Å². The molecule has 0 aromatic heterocycles. The van der Waals surface area contributed by atoms with Gasteiger partial charge in [0.2, 0.25) is 0 Å². The maximum atomic E-state index is 13.2. The highest BCUT2D eigenvalue weighted by molar-refractivity contribution is 6.27. The van der Waals surface area contributed by atoms with Gasteiger partial charge in [-0.3, -0.25) is 9.59 Å². The number of Topliss-reactive ketones (excluding diaryl/α,β-unsaturated/α-hetero) is 1. The van der Waals surface area contributed by atoms with Crippen molar-refractivity contribution in [2.45, 2.75) is 51.5 Å². The Labute approximate surface area is 239 Å². The highest BCUT2D eigenvalue weighted by atomic mass is 16.6. The number of hydrogen-bond acceptors (Lipinski definition) is 6. The molecular formula is C33H34N2O6. The van der Waals surface area contributed by atoms with Crippen LogP contribution >= 0.6 is 0 Å². The van der Waals surface area contributed by atoms with Crippen molar-refractivity contribution in [3.05, 3.63) is 119 Å². The second-order valence-electron chi connectivity index (χ2n) is 10.7. The zero-order chi connectivity index (χ0) is 29.4. The molecule has 0 bridgehead atoms. The Bertz CT molecular complexity index is 1420. The first-order chi connectivity index (χ1) is 19.6. The van der Waals surface area contributed by atoms with Crippen LogP contribution in [0.1, 0.15) is 37.5 Å². The van der Waals surface area contributed by atoms with E-state index in [0.29, 0.717) is 17.9 Å². The van der Waals surface area contributed by atoms with Gasteiger partial charge in [-0.1, -0.05) is 84.9 Å². The summed E-state index contributed by atoms with van der Waals surface area (Å²) in [4.78, 5) is 38.6. The molecule has 0 saturated carbocycles. The molecule has 1 fully saturated rings. The number of benzene rings is 3. The van der Waals surface area contributed by atoms with E-state index in [2.05, 4.69) is 10.6 Å². The number of aliphatic hydroxyl groups excluding tert-OH is 1. The standard InChI is InChI=1S/C33H34N2O6/c1-33(2,3)35-32(39)41-27(20-23-14-17-25(18-15-23)40-21-24-12-8-5-9-13-24)30(37)28-29(36)26(34-31(28)38)19-16-22-10-6-4-7-11-22/h4-19,26-27,37H,20-21H2,1-3H3,(H,34,38)(H,35,39). The van der Waals surface area contributed by atoms with Crippen molar-refractivity contribution < 1.29 is 29.0 Å². The minimum absolute atomic E-state index is 0.0247. The van der Waals surface area contributed by atoms with E-state index in [1.54, 1.807) is 57.2 Å². The molecule has 3 N–H and O–H groups in total. The molecule has 212 valence electrons. The summed E-state index contributed by atoms with van der Waals surface area (Å²) >= 11 is 0. The van der Waals surface area contributed by atoms with Crippen LogP contribution in [-0.4, -0.2) is 40.6 Å². The summed E-state index contributed by atoms with van der Waals surface area (Å²) in [6.07, 6.45) is 1.23. The van der Waals surface area contributed by atoms with Gasteiger partial charge in [-0.05, 0) is 49.6 Å². The van der Waals surface area contributed by atoms with Crippen LogP contribution in [0.4, 0.5) is 4.79 Å². The Morgan fingerprint density at radius 1 is 0.951 bits per heavy atom. The molecule has 1 aliphatic heterocycles. The highest BCUT2D eigenvalue weighted by Crippen LogP contribution is 2.23. The van der Waals surface area contributed by atoms with E-state index in [-0.39, 0.29) is 6.42 Å². The fraction of sp³-hybridized carbons (Fsp3) is 0.242. The number of amides is 2. The van der Waals surface area contributed by atoms with Gasteiger partial charge in [0.1, 0.15) is 29.7 Å². The Kier molecular flexibility index (Phi) is 9.24. The maximum Gasteiger partial charge on any atom is 0.408 e. The zero-order valence-electron chi connectivity index (χ0n) is 23.3. The fourth-order valence-corrected chi connectivity index (χ4v) is 4.19. The molecule has 1 saturated heterocycles. The van der Waals surface area contributed by atoms with E-state index in [4.69, 9.17) is 9.47 Å². The van der Waals surface area contributed by atoms with E-state index in [0.717, 1.165) is 11.1 Å². The summed E-state index contributed by atoms with van der Waals surface area (Å²) in [5, 5.41) is 16.4. The number of rotatable bonds is 9. The van der Waals surface area contributed by atoms with Gasteiger partial charge in [-0.2, -0.15) is 0 Å². The van der Waals surface area contributed by atoms with Crippen molar-refractivity contribution in [3.8, 4) is 5.75 Å². The van der Waals surface area contributed by atoms with Crippen LogP contribution in [0.3, 0.4) is 0 Å². The monoisotopic (exact) mass is 554 g/mol. The number of hydrogen-bond donors (Lipinski definition) is 3. The molecule has 8 nitrogen and oxygen atoms in total. The van der Waals surface area contributed by atoms with Gasteiger partial charge in [0.25, 0.3) is 5.91 Å². The second kappa shape index (κ2) is 13.0. The third-order valence-corrected chi connectivity index (χ3v) is 6.20. The largest absolute Gasteiger partial charge is 0.507 e. The van der Waals surface area contributed by atoms with Gasteiger partial charge in [0.05, 0.1) is 0 Å². The van der Waals surface area contributed by atoms with Gasteiger partial charge in [-0.25, -0.2) is 4.79 Å². The minimum atomic E-state index is -1.28. The molecule has 2 atom stereocenters. The quantitative estimate of drug-likeness (QED) is 0.188. The molecule has 2 unspecified atom stereocenters. The fourth-order valence-electron chi connectivity index (χ4n) is 4.19. The lowest BCUT2D eigenvalue weighted by atomic mass is 10.0. The van der Waals surface area contributed by atoms with Crippen molar-refractivity contribution in [3.63, 3.8) is 0 Å².